The minimum Gasteiger partial charge on any atom is -0.289 e. The number of benzene rings is 4. The van der Waals surface area contributed by atoms with Crippen molar-refractivity contribution in [1.29, 1.82) is 0 Å². The molecule has 2 heterocycles. The highest BCUT2D eigenvalue weighted by Crippen LogP contribution is 2.37. The molecule has 0 N–H and O–H groups in total. The number of thioether (sulfide) groups is 1. The van der Waals surface area contributed by atoms with Crippen LogP contribution in [0.1, 0.15) is 77.5 Å². The summed E-state index contributed by atoms with van der Waals surface area (Å²) in [5, 5.41) is 0.341. The van der Waals surface area contributed by atoms with E-state index >= 15 is 0 Å². The highest BCUT2D eigenvalue weighted by atomic mass is 35.5. The molecule has 45 heavy (non-hydrogen) atoms. The topological polar surface area (TPSA) is 120 Å². The van der Waals surface area contributed by atoms with Crippen molar-refractivity contribution >= 4 is 105 Å². The van der Waals surface area contributed by atoms with E-state index in [1.807, 2.05) is 13.8 Å². The monoisotopic (exact) mass is 688 g/mol. The van der Waals surface area contributed by atoms with Crippen LogP contribution in [0, 0.1) is 0 Å². The van der Waals surface area contributed by atoms with Crippen molar-refractivity contribution in [3.8, 4) is 0 Å². The van der Waals surface area contributed by atoms with Gasteiger partial charge in [-0.25, -0.2) is 0 Å². The zero-order valence-corrected chi connectivity index (χ0v) is 27.8. The van der Waals surface area contributed by atoms with E-state index in [9.17, 15) is 19.2 Å². The molecule has 224 valence electrons. The van der Waals surface area contributed by atoms with Crippen LogP contribution < -0.4 is 0 Å². The van der Waals surface area contributed by atoms with Gasteiger partial charge in [-0.05, 0) is 23.6 Å². The lowest BCUT2D eigenvalue weighted by Crippen LogP contribution is -2.21. The molecule has 0 saturated carbocycles. The molecule has 0 bridgehead atoms. The van der Waals surface area contributed by atoms with Gasteiger partial charge in [0.05, 0.1) is 39.6 Å². The Bertz CT molecular complexity index is 2190. The number of ketones is 4. The van der Waals surface area contributed by atoms with Gasteiger partial charge in [0, 0.05) is 38.3 Å². The predicted octanol–water partition coefficient (Wildman–Crippen LogP) is 7.63. The molecule has 0 spiro atoms. The van der Waals surface area contributed by atoms with Crippen molar-refractivity contribution in [3.63, 3.8) is 0 Å². The Kier molecular flexibility index (Phi) is 8.94. The Morgan fingerprint density at radius 1 is 0.622 bits per heavy atom. The molecule has 0 saturated heterocycles. The van der Waals surface area contributed by atoms with Crippen molar-refractivity contribution in [2.24, 2.45) is 0 Å². The third-order valence-corrected chi connectivity index (χ3v) is 9.33. The van der Waals surface area contributed by atoms with Crippen LogP contribution >= 0.6 is 59.4 Å². The maximum absolute atomic E-state index is 12.8. The van der Waals surface area contributed by atoms with Crippen LogP contribution in [-0.4, -0.2) is 52.1 Å². The number of carbonyl (C=O) groups is 4. The molecule has 8 rings (SSSR count). The second-order valence-corrected chi connectivity index (χ2v) is 13.1. The minimum absolute atomic E-state index is 0.113. The highest BCUT2D eigenvalue weighted by Gasteiger charge is 2.34. The molecule has 0 aliphatic heterocycles. The Balaban J connectivity index is 0.000000147. The molecule has 6 aromatic rings. The van der Waals surface area contributed by atoms with Crippen LogP contribution in [0.4, 0.5) is 0 Å². The summed E-state index contributed by atoms with van der Waals surface area (Å²) in [6.07, 6.45) is 0. The fraction of sp³-hybridized carbons (Fsp3) is 0.125. The third kappa shape index (κ3) is 5.30. The number of thiol groups is 1. The lowest BCUT2D eigenvalue weighted by Gasteiger charge is -2.18. The molecule has 0 atom stereocenters. The smallest absolute Gasteiger partial charge is 0.196 e. The normalized spacial score (nSPS) is 12.9. The van der Waals surface area contributed by atoms with E-state index in [0.29, 0.717) is 66.1 Å². The summed E-state index contributed by atoms with van der Waals surface area (Å²) in [6.45, 7) is 4.03. The largest absolute Gasteiger partial charge is 0.289 e. The number of hydrogen-bond acceptors (Lipinski definition) is 12. The van der Waals surface area contributed by atoms with Gasteiger partial charge in [-0.15, -0.1) is 11.8 Å². The Morgan fingerprint density at radius 2 is 1.02 bits per heavy atom. The van der Waals surface area contributed by atoms with E-state index < -0.39 is 0 Å². The summed E-state index contributed by atoms with van der Waals surface area (Å²) in [6, 6.07) is 17.0. The van der Waals surface area contributed by atoms with Gasteiger partial charge in [0.15, 0.2) is 23.1 Å². The molecule has 13 heteroatoms. The number of hydrogen-bond donors (Lipinski definition) is 1. The van der Waals surface area contributed by atoms with Gasteiger partial charge in [0.1, 0.15) is 22.1 Å². The molecule has 0 unspecified atom stereocenters. The molecule has 0 radical (unpaired) electrons. The summed E-state index contributed by atoms with van der Waals surface area (Å²) in [5.41, 5.74) is 5.32. The summed E-state index contributed by atoms with van der Waals surface area (Å²) in [4.78, 5) is 51.6. The van der Waals surface area contributed by atoms with Gasteiger partial charge in [0.25, 0.3) is 0 Å². The average molecular weight is 689 g/mol. The number of rotatable bonds is 2. The van der Waals surface area contributed by atoms with Gasteiger partial charge in [0.2, 0.25) is 0 Å². The van der Waals surface area contributed by atoms with Gasteiger partial charge >= 0.3 is 0 Å². The summed E-state index contributed by atoms with van der Waals surface area (Å²) in [5.74, 6) is 1.15. The fourth-order valence-corrected chi connectivity index (χ4v) is 7.49. The maximum Gasteiger partial charge on any atom is 0.196 e. The number of fused-ring (bicyclic) bond motifs is 8. The van der Waals surface area contributed by atoms with Crippen LogP contribution in [0.5, 0.6) is 0 Å². The van der Waals surface area contributed by atoms with Crippen LogP contribution in [-0.2, 0) is 0 Å². The van der Waals surface area contributed by atoms with Crippen LogP contribution in [0.15, 0.2) is 65.6 Å². The third-order valence-electron chi connectivity index (χ3n) is 7.07. The zero-order valence-electron chi connectivity index (χ0n) is 23.7. The molecular weight excluding hydrogens is 668 g/mol. The number of nitrogens with zero attached hydrogens (tertiary/aromatic N) is 4. The van der Waals surface area contributed by atoms with E-state index in [0.717, 1.165) is 45.4 Å². The molecule has 4 aromatic carbocycles. The van der Waals surface area contributed by atoms with Gasteiger partial charge in [-0.2, -0.15) is 30.1 Å². The average Bonchev–Trinajstić information content (AvgIpc) is 3.75. The van der Waals surface area contributed by atoms with Gasteiger partial charge in [-0.3, -0.25) is 19.2 Å². The summed E-state index contributed by atoms with van der Waals surface area (Å²) < 4.78 is 16.8. The van der Waals surface area contributed by atoms with E-state index in [2.05, 4.69) is 30.1 Å². The second kappa shape index (κ2) is 12.9. The minimum atomic E-state index is -0.204. The van der Waals surface area contributed by atoms with E-state index in [1.54, 1.807) is 66.4 Å². The lowest BCUT2D eigenvalue weighted by molar-refractivity contribution is 0.0980. The van der Waals surface area contributed by atoms with E-state index in [-0.39, 0.29) is 23.1 Å². The molecular formula is C32H21ClN4O4S4. The molecule has 2 aromatic heterocycles. The van der Waals surface area contributed by atoms with Gasteiger partial charge < -0.3 is 0 Å². The standard InChI is InChI=1S/C16H10N2O2S2.C14H5ClN2O2S.C2H6S/c1-2-21-11-7-10-12(14-13(11)17-22-18-14)16(20)9-6-4-3-5-8(9)15(10)19;15-9-5-8-10(12-11(9)16-20-17-12)14(19)7-4-2-1-3-6(7)13(8)18;1-2-3/h3-7H,2H2,1H3;1-5H;3H,2H2,1H3. The lowest BCUT2D eigenvalue weighted by atomic mass is 9.83. The quantitative estimate of drug-likeness (QED) is 0.144. The van der Waals surface area contributed by atoms with E-state index in [1.165, 1.54) is 6.07 Å². The predicted molar refractivity (Wildman–Crippen MR) is 182 cm³/mol. The Labute approximate surface area is 280 Å². The Hall–Kier alpha value is -3.81. The van der Waals surface area contributed by atoms with Crippen molar-refractivity contribution in [2.75, 3.05) is 11.5 Å². The zero-order chi connectivity index (χ0) is 31.8. The maximum atomic E-state index is 12.8. The second-order valence-electron chi connectivity index (χ2n) is 9.66. The molecule has 0 fully saturated rings. The summed E-state index contributed by atoms with van der Waals surface area (Å²) >= 11 is 13.6. The van der Waals surface area contributed by atoms with Crippen LogP contribution in [0.3, 0.4) is 0 Å². The summed E-state index contributed by atoms with van der Waals surface area (Å²) in [7, 11) is 0. The fourth-order valence-electron chi connectivity index (χ4n) is 5.22. The first-order valence-electron chi connectivity index (χ1n) is 13.7. The molecule has 8 nitrogen and oxygen atoms in total. The first-order chi connectivity index (χ1) is 21.8. The van der Waals surface area contributed by atoms with Gasteiger partial charge in [-0.1, -0.05) is 74.0 Å². The van der Waals surface area contributed by atoms with Crippen LogP contribution in [0.2, 0.25) is 5.02 Å². The first kappa shape index (κ1) is 31.2. The van der Waals surface area contributed by atoms with Crippen molar-refractivity contribution in [1.82, 2.24) is 17.5 Å². The van der Waals surface area contributed by atoms with E-state index in [4.69, 9.17) is 11.6 Å². The molecule has 0 amide bonds. The number of halogens is 1. The Morgan fingerprint density at radius 3 is 1.51 bits per heavy atom. The molecule has 2 aliphatic carbocycles. The van der Waals surface area contributed by atoms with Crippen molar-refractivity contribution in [3.05, 3.63) is 110 Å². The first-order valence-corrected chi connectivity index (χ1v) is 17.1. The van der Waals surface area contributed by atoms with Crippen LogP contribution in [0.25, 0.3) is 22.1 Å². The van der Waals surface area contributed by atoms with Crippen molar-refractivity contribution in [2.45, 2.75) is 18.7 Å². The number of aromatic nitrogens is 4. The number of carbonyl (C=O) groups excluding carboxylic acids is 4. The SMILES string of the molecule is CCS.CCSc1cc2c(c3nsnc13)C(=O)c1ccccc1C2=O.O=C1c2ccccc2C(=O)c2c1cc(Cl)c1nsnc21. The van der Waals surface area contributed by atoms with Crippen molar-refractivity contribution < 1.29 is 19.2 Å². The highest BCUT2D eigenvalue weighted by molar-refractivity contribution is 7.99. The molecule has 2 aliphatic rings.